The number of aromatic nitrogens is 1. The Morgan fingerprint density at radius 3 is 3.00 bits per heavy atom. The van der Waals surface area contributed by atoms with E-state index in [1.54, 1.807) is 17.0 Å². The molecule has 1 aliphatic heterocycles. The molecular weight excluding hydrogens is 260 g/mol. The molecule has 20 heavy (non-hydrogen) atoms. The molecule has 1 aliphatic rings. The number of carbonyl (C=O) groups is 2. The van der Waals surface area contributed by atoms with Gasteiger partial charge in [-0.25, -0.2) is 4.79 Å². The Kier molecular flexibility index (Phi) is 4.84. The van der Waals surface area contributed by atoms with Crippen LogP contribution in [0.2, 0.25) is 0 Å². The lowest BCUT2D eigenvalue weighted by Gasteiger charge is -2.19. The number of hydrogen-bond donors (Lipinski definition) is 1. The Morgan fingerprint density at radius 1 is 1.35 bits per heavy atom. The number of amides is 1. The van der Waals surface area contributed by atoms with E-state index >= 15 is 0 Å². The minimum Gasteiger partial charge on any atom is -0.478 e. The zero-order valence-corrected chi connectivity index (χ0v) is 11.0. The molecule has 1 saturated heterocycles. The summed E-state index contributed by atoms with van der Waals surface area (Å²) in [5.41, 5.74) is 0.775. The van der Waals surface area contributed by atoms with Crippen LogP contribution in [-0.2, 0) is 9.53 Å². The molecule has 0 aliphatic carbocycles. The van der Waals surface area contributed by atoms with Crippen molar-refractivity contribution >= 4 is 18.0 Å². The Morgan fingerprint density at radius 2 is 2.20 bits per heavy atom. The SMILES string of the molecule is O=C(O)/C=C/c1cccnc1C(=O)N1CCCOCC1. The first-order chi connectivity index (χ1) is 9.68. The van der Waals surface area contributed by atoms with Crippen molar-refractivity contribution in [1.29, 1.82) is 0 Å². The van der Waals surface area contributed by atoms with Gasteiger partial charge in [-0.1, -0.05) is 6.07 Å². The van der Waals surface area contributed by atoms with E-state index in [9.17, 15) is 9.59 Å². The molecule has 0 spiro atoms. The van der Waals surface area contributed by atoms with Crippen LogP contribution in [0.25, 0.3) is 6.08 Å². The van der Waals surface area contributed by atoms with Crippen molar-refractivity contribution in [3.05, 3.63) is 35.7 Å². The monoisotopic (exact) mass is 276 g/mol. The van der Waals surface area contributed by atoms with Gasteiger partial charge in [0.1, 0.15) is 5.69 Å². The molecule has 106 valence electrons. The second kappa shape index (κ2) is 6.81. The number of hydrogen-bond acceptors (Lipinski definition) is 4. The van der Waals surface area contributed by atoms with Gasteiger partial charge < -0.3 is 14.7 Å². The maximum Gasteiger partial charge on any atom is 0.328 e. The molecule has 0 saturated carbocycles. The average Bonchev–Trinajstić information content (AvgIpc) is 2.73. The van der Waals surface area contributed by atoms with Gasteiger partial charge in [-0.05, 0) is 18.6 Å². The summed E-state index contributed by atoms with van der Waals surface area (Å²) in [5.74, 6) is -1.25. The molecule has 2 rings (SSSR count). The van der Waals surface area contributed by atoms with E-state index in [1.165, 1.54) is 12.3 Å². The summed E-state index contributed by atoms with van der Waals surface area (Å²) in [5, 5.41) is 8.67. The van der Waals surface area contributed by atoms with E-state index in [0.29, 0.717) is 31.9 Å². The number of carboxylic acid groups (broad SMARTS) is 1. The van der Waals surface area contributed by atoms with Crippen LogP contribution in [-0.4, -0.2) is 53.2 Å². The van der Waals surface area contributed by atoms with Crippen molar-refractivity contribution in [1.82, 2.24) is 9.88 Å². The van der Waals surface area contributed by atoms with Gasteiger partial charge in [0.25, 0.3) is 5.91 Å². The number of nitrogens with zero attached hydrogens (tertiary/aromatic N) is 2. The van der Waals surface area contributed by atoms with Crippen LogP contribution in [0.15, 0.2) is 24.4 Å². The molecule has 0 aromatic carbocycles. The quantitative estimate of drug-likeness (QED) is 0.834. The van der Waals surface area contributed by atoms with Crippen LogP contribution in [0, 0.1) is 0 Å². The minimum absolute atomic E-state index is 0.193. The highest BCUT2D eigenvalue weighted by Crippen LogP contribution is 2.12. The first kappa shape index (κ1) is 14.2. The highest BCUT2D eigenvalue weighted by Gasteiger charge is 2.20. The van der Waals surface area contributed by atoms with Gasteiger partial charge in [0.05, 0.1) is 6.61 Å². The second-order valence-corrected chi connectivity index (χ2v) is 4.37. The summed E-state index contributed by atoms with van der Waals surface area (Å²) in [4.78, 5) is 28.8. The zero-order valence-electron chi connectivity index (χ0n) is 11.0. The first-order valence-electron chi connectivity index (χ1n) is 6.41. The van der Waals surface area contributed by atoms with Crippen LogP contribution in [0.1, 0.15) is 22.5 Å². The fraction of sp³-hybridized carbons (Fsp3) is 0.357. The summed E-state index contributed by atoms with van der Waals surface area (Å²) in [6, 6.07) is 3.35. The lowest BCUT2D eigenvalue weighted by atomic mass is 10.1. The van der Waals surface area contributed by atoms with E-state index in [2.05, 4.69) is 4.98 Å². The van der Waals surface area contributed by atoms with Crippen molar-refractivity contribution in [2.24, 2.45) is 0 Å². The van der Waals surface area contributed by atoms with Gasteiger partial charge in [-0.3, -0.25) is 9.78 Å². The minimum atomic E-state index is -1.06. The predicted octanol–water partition coefficient (Wildman–Crippen LogP) is 1.04. The van der Waals surface area contributed by atoms with Crippen LogP contribution >= 0.6 is 0 Å². The highest BCUT2D eigenvalue weighted by molar-refractivity contribution is 5.97. The van der Waals surface area contributed by atoms with Crippen molar-refractivity contribution in [3.8, 4) is 0 Å². The molecular formula is C14H16N2O4. The first-order valence-corrected chi connectivity index (χ1v) is 6.41. The molecule has 1 fully saturated rings. The van der Waals surface area contributed by atoms with E-state index in [0.717, 1.165) is 12.5 Å². The Balaban J connectivity index is 2.22. The normalized spacial score (nSPS) is 16.1. The number of pyridine rings is 1. The molecule has 6 heteroatoms. The van der Waals surface area contributed by atoms with Gasteiger partial charge in [0, 0.05) is 37.5 Å². The fourth-order valence-corrected chi connectivity index (χ4v) is 1.99. The number of carbonyl (C=O) groups excluding carboxylic acids is 1. The Hall–Kier alpha value is -2.21. The van der Waals surface area contributed by atoms with Gasteiger partial charge in [0.2, 0.25) is 0 Å². The molecule has 2 heterocycles. The van der Waals surface area contributed by atoms with E-state index in [-0.39, 0.29) is 11.6 Å². The van der Waals surface area contributed by atoms with Crippen LogP contribution in [0.3, 0.4) is 0 Å². The van der Waals surface area contributed by atoms with Crippen molar-refractivity contribution < 1.29 is 19.4 Å². The number of carboxylic acids is 1. The van der Waals surface area contributed by atoms with E-state index in [1.807, 2.05) is 0 Å². The van der Waals surface area contributed by atoms with Gasteiger partial charge in [-0.15, -0.1) is 0 Å². The summed E-state index contributed by atoms with van der Waals surface area (Å²) >= 11 is 0. The van der Waals surface area contributed by atoms with Gasteiger partial charge >= 0.3 is 5.97 Å². The Labute approximate surface area is 116 Å². The smallest absolute Gasteiger partial charge is 0.328 e. The topological polar surface area (TPSA) is 79.7 Å². The molecule has 1 aromatic rings. The largest absolute Gasteiger partial charge is 0.478 e. The Bertz CT molecular complexity index is 520. The lowest BCUT2D eigenvalue weighted by Crippen LogP contribution is -2.34. The molecule has 1 N–H and O–H groups in total. The van der Waals surface area contributed by atoms with Crippen LogP contribution in [0.5, 0.6) is 0 Å². The standard InChI is InChI=1S/C14H16N2O4/c17-12(18)5-4-11-3-1-6-15-13(11)14(19)16-7-2-9-20-10-8-16/h1,3-6H,2,7-10H2,(H,17,18)/b5-4+. The van der Waals surface area contributed by atoms with E-state index in [4.69, 9.17) is 9.84 Å². The zero-order chi connectivity index (χ0) is 14.4. The fourth-order valence-electron chi connectivity index (χ4n) is 1.99. The molecule has 0 unspecified atom stereocenters. The van der Waals surface area contributed by atoms with Crippen molar-refractivity contribution in [2.45, 2.75) is 6.42 Å². The molecule has 6 nitrogen and oxygen atoms in total. The third-order valence-corrected chi connectivity index (χ3v) is 2.96. The van der Waals surface area contributed by atoms with E-state index < -0.39 is 5.97 Å². The highest BCUT2D eigenvalue weighted by atomic mass is 16.5. The molecule has 0 radical (unpaired) electrons. The van der Waals surface area contributed by atoms with Crippen molar-refractivity contribution in [2.75, 3.05) is 26.3 Å². The summed E-state index contributed by atoms with van der Waals surface area (Å²) < 4.78 is 5.31. The summed E-state index contributed by atoms with van der Waals surface area (Å²) in [6.07, 6.45) is 4.70. The molecule has 0 atom stereocenters. The second-order valence-electron chi connectivity index (χ2n) is 4.37. The molecule has 1 amide bonds. The maximum absolute atomic E-state index is 12.4. The molecule has 0 bridgehead atoms. The number of rotatable bonds is 3. The summed E-state index contributed by atoms with van der Waals surface area (Å²) in [7, 11) is 0. The van der Waals surface area contributed by atoms with Crippen molar-refractivity contribution in [3.63, 3.8) is 0 Å². The number of ether oxygens (including phenoxy) is 1. The predicted molar refractivity (Wildman–Crippen MR) is 72.2 cm³/mol. The lowest BCUT2D eigenvalue weighted by molar-refractivity contribution is -0.131. The van der Waals surface area contributed by atoms with Gasteiger partial charge in [0.15, 0.2) is 0 Å². The molecule has 1 aromatic heterocycles. The van der Waals surface area contributed by atoms with Crippen LogP contribution < -0.4 is 0 Å². The summed E-state index contributed by atoms with van der Waals surface area (Å²) in [6.45, 7) is 2.31. The average molecular weight is 276 g/mol. The third kappa shape index (κ3) is 3.64. The number of aliphatic carboxylic acids is 1. The maximum atomic E-state index is 12.4. The third-order valence-electron chi connectivity index (χ3n) is 2.96. The van der Waals surface area contributed by atoms with Gasteiger partial charge in [-0.2, -0.15) is 0 Å². The van der Waals surface area contributed by atoms with Crippen LogP contribution in [0.4, 0.5) is 0 Å².